The first-order valence-electron chi connectivity index (χ1n) is 6.62. The van der Waals surface area contributed by atoms with E-state index in [2.05, 4.69) is 79.7 Å². The number of nitrogens with zero attached hydrogens (tertiary/aromatic N) is 2. The van der Waals surface area contributed by atoms with E-state index in [1.54, 1.807) is 0 Å². The van der Waals surface area contributed by atoms with Crippen molar-refractivity contribution < 1.29 is 0 Å². The van der Waals surface area contributed by atoms with Crippen LogP contribution in [0.4, 0.5) is 22.7 Å². The maximum absolute atomic E-state index is 3.51. The molecule has 104 valence electrons. The normalized spacial score (nSPS) is 12.2. The topological polar surface area (TPSA) is 18.5 Å². The molecule has 0 aromatic heterocycles. The molecule has 4 heteroatoms. The van der Waals surface area contributed by atoms with Crippen molar-refractivity contribution in [3.63, 3.8) is 0 Å². The first-order chi connectivity index (χ1) is 9.54. The van der Waals surface area contributed by atoms with Crippen molar-refractivity contribution in [1.29, 1.82) is 0 Å². The molecule has 0 fully saturated rings. The fourth-order valence-electron chi connectivity index (χ4n) is 2.22. The molecule has 2 aromatic rings. The summed E-state index contributed by atoms with van der Waals surface area (Å²) in [5.41, 5.74) is 4.83. The van der Waals surface area contributed by atoms with Crippen molar-refractivity contribution in [3.8, 4) is 0 Å². The van der Waals surface area contributed by atoms with Gasteiger partial charge in [-0.25, -0.2) is 0 Å². The third-order valence-corrected chi connectivity index (χ3v) is 4.57. The molecule has 1 aliphatic heterocycles. The zero-order chi connectivity index (χ0) is 14.3. The number of hydrogen-bond donors (Lipinski definition) is 1. The summed E-state index contributed by atoms with van der Waals surface area (Å²) in [6, 6.07) is 13.1. The van der Waals surface area contributed by atoms with Gasteiger partial charge in [-0.3, -0.25) is 0 Å². The Balaban J connectivity index is 1.99. The lowest BCUT2D eigenvalue weighted by atomic mass is 10.2. The summed E-state index contributed by atoms with van der Waals surface area (Å²) >= 11 is 1.83. The Kier molecular flexibility index (Phi) is 3.26. The molecule has 20 heavy (non-hydrogen) atoms. The summed E-state index contributed by atoms with van der Waals surface area (Å²) in [5.74, 6) is 0. The SMILES string of the molecule is [13CH3]N([13CH3])c1ccc2c(c1)Sc1cc(N([13CH3])[13CH3])ccc1N2. The predicted octanol–water partition coefficient (Wildman–Crippen LogP) is 4.03. The molecule has 0 atom stereocenters. The molecular weight excluding hydrogens is 270 g/mol. The second-order valence-corrected chi connectivity index (χ2v) is 6.46. The number of benzene rings is 2. The van der Waals surface area contributed by atoms with Gasteiger partial charge in [0.15, 0.2) is 0 Å². The average Bonchev–Trinajstić information content (AvgIpc) is 2.43. The maximum atomic E-state index is 3.51. The Labute approximate surface area is 124 Å². The van der Waals surface area contributed by atoms with Crippen molar-refractivity contribution in [2.75, 3.05) is 43.3 Å². The van der Waals surface area contributed by atoms with E-state index in [0.717, 1.165) is 0 Å². The van der Waals surface area contributed by atoms with Gasteiger partial charge in [-0.15, -0.1) is 0 Å². The molecule has 0 saturated carbocycles. The van der Waals surface area contributed by atoms with E-state index in [0.29, 0.717) is 0 Å². The smallest absolute Gasteiger partial charge is 0.0527 e. The zero-order valence-corrected chi connectivity index (χ0v) is 13.1. The van der Waals surface area contributed by atoms with Crippen LogP contribution in [0.3, 0.4) is 0 Å². The summed E-state index contributed by atoms with van der Waals surface area (Å²) in [6.07, 6.45) is 0. The average molecular weight is 289 g/mol. The highest BCUT2D eigenvalue weighted by Gasteiger charge is 2.17. The standard InChI is InChI=1S/C16H19N3S/c1-18(2)11-5-7-13-15(9-11)20-16-10-12(19(3)4)6-8-14(16)17-13/h5-10,17H,1-4H3/i1+1,2+1,3+1,4+1. The Bertz CT molecular complexity index is 595. The fraction of sp³-hybridized carbons (Fsp3) is 0.250. The number of fused-ring (bicyclic) bond motifs is 2. The van der Waals surface area contributed by atoms with Crippen LogP contribution in [-0.4, -0.2) is 28.2 Å². The summed E-state index contributed by atoms with van der Waals surface area (Å²) < 4.78 is 0. The zero-order valence-electron chi connectivity index (χ0n) is 12.3. The van der Waals surface area contributed by atoms with Crippen LogP contribution in [0.15, 0.2) is 46.2 Å². The molecule has 1 aliphatic rings. The first-order valence-corrected chi connectivity index (χ1v) is 7.44. The highest BCUT2D eigenvalue weighted by molar-refractivity contribution is 7.99. The van der Waals surface area contributed by atoms with Crippen molar-refractivity contribution >= 4 is 34.5 Å². The van der Waals surface area contributed by atoms with E-state index in [1.807, 2.05) is 11.8 Å². The van der Waals surface area contributed by atoms with Crippen molar-refractivity contribution in [3.05, 3.63) is 36.4 Å². The largest absolute Gasteiger partial charge is 0.378 e. The molecule has 0 aliphatic carbocycles. The molecule has 0 unspecified atom stereocenters. The third kappa shape index (κ3) is 2.31. The summed E-state index contributed by atoms with van der Waals surface area (Å²) in [5, 5.41) is 3.51. The van der Waals surface area contributed by atoms with Gasteiger partial charge in [-0.05, 0) is 36.4 Å². The highest BCUT2D eigenvalue weighted by atomic mass is 32.2. The van der Waals surface area contributed by atoms with E-state index in [9.17, 15) is 0 Å². The number of anilines is 4. The van der Waals surface area contributed by atoms with Gasteiger partial charge in [0.1, 0.15) is 0 Å². The lowest BCUT2D eigenvalue weighted by molar-refractivity contribution is 1.11. The van der Waals surface area contributed by atoms with E-state index < -0.39 is 0 Å². The first kappa shape index (κ1) is 13.2. The Morgan fingerprint density at radius 1 is 0.750 bits per heavy atom. The van der Waals surface area contributed by atoms with Gasteiger partial charge in [0.2, 0.25) is 0 Å². The molecule has 1 heterocycles. The van der Waals surface area contributed by atoms with E-state index in [1.165, 1.54) is 32.5 Å². The third-order valence-electron chi connectivity index (χ3n) is 3.45. The van der Waals surface area contributed by atoms with Crippen LogP contribution in [0.5, 0.6) is 0 Å². The lowest BCUT2D eigenvalue weighted by Gasteiger charge is -2.24. The molecular formula is C16H19N3S. The number of rotatable bonds is 2. The molecule has 0 bridgehead atoms. The molecule has 0 amide bonds. The maximum Gasteiger partial charge on any atom is 0.0527 e. The summed E-state index contributed by atoms with van der Waals surface area (Å²) in [4.78, 5) is 6.82. The number of hydrogen-bond acceptors (Lipinski definition) is 4. The lowest BCUT2D eigenvalue weighted by Crippen LogP contribution is -2.10. The van der Waals surface area contributed by atoms with E-state index in [-0.39, 0.29) is 0 Å². The van der Waals surface area contributed by atoms with Gasteiger partial charge in [-0.1, -0.05) is 11.8 Å². The van der Waals surface area contributed by atoms with Gasteiger partial charge in [0.05, 0.1) is 11.4 Å². The van der Waals surface area contributed by atoms with Gasteiger partial charge < -0.3 is 15.1 Å². The van der Waals surface area contributed by atoms with Crippen LogP contribution < -0.4 is 15.1 Å². The van der Waals surface area contributed by atoms with E-state index >= 15 is 0 Å². The molecule has 0 radical (unpaired) electrons. The van der Waals surface area contributed by atoms with Crippen LogP contribution in [-0.2, 0) is 0 Å². The van der Waals surface area contributed by atoms with Gasteiger partial charge >= 0.3 is 0 Å². The monoisotopic (exact) mass is 289 g/mol. The minimum atomic E-state index is 1.19. The minimum absolute atomic E-state index is 1.19. The van der Waals surface area contributed by atoms with Crippen molar-refractivity contribution in [1.82, 2.24) is 0 Å². The fourth-order valence-corrected chi connectivity index (χ4v) is 3.27. The Morgan fingerprint density at radius 2 is 1.20 bits per heavy atom. The predicted molar refractivity (Wildman–Crippen MR) is 88.9 cm³/mol. The van der Waals surface area contributed by atoms with E-state index in [4.69, 9.17) is 0 Å². The summed E-state index contributed by atoms with van der Waals surface area (Å²) in [6.45, 7) is 0. The van der Waals surface area contributed by atoms with Crippen molar-refractivity contribution in [2.24, 2.45) is 0 Å². The Hall–Kier alpha value is -1.81. The van der Waals surface area contributed by atoms with Crippen LogP contribution >= 0.6 is 11.8 Å². The van der Waals surface area contributed by atoms with Gasteiger partial charge in [-0.2, -0.15) is 0 Å². The number of nitrogens with one attached hydrogen (secondary N) is 1. The van der Waals surface area contributed by atoms with Crippen LogP contribution in [0.2, 0.25) is 0 Å². The van der Waals surface area contributed by atoms with Crippen molar-refractivity contribution in [2.45, 2.75) is 9.79 Å². The van der Waals surface area contributed by atoms with Crippen LogP contribution in [0.25, 0.3) is 0 Å². The highest BCUT2D eigenvalue weighted by Crippen LogP contribution is 2.46. The van der Waals surface area contributed by atoms with Crippen LogP contribution in [0.1, 0.15) is 0 Å². The molecule has 3 rings (SSSR count). The van der Waals surface area contributed by atoms with Crippen LogP contribution in [0, 0.1) is 0 Å². The minimum Gasteiger partial charge on any atom is -0.378 e. The summed E-state index contributed by atoms with van der Waals surface area (Å²) in [7, 11) is 8.28. The molecule has 0 spiro atoms. The van der Waals surface area contributed by atoms with Gasteiger partial charge in [0.25, 0.3) is 0 Å². The second-order valence-electron chi connectivity index (χ2n) is 5.38. The molecule has 3 nitrogen and oxygen atoms in total. The molecule has 1 N–H and O–H groups in total. The molecule has 2 aromatic carbocycles. The quantitative estimate of drug-likeness (QED) is 0.718. The molecule has 0 saturated heterocycles. The Morgan fingerprint density at radius 3 is 1.60 bits per heavy atom. The second kappa shape index (κ2) is 4.94. The van der Waals surface area contributed by atoms with Gasteiger partial charge in [0, 0.05) is 49.4 Å².